The van der Waals surface area contributed by atoms with Gasteiger partial charge in [-0.2, -0.15) is 0 Å². The Morgan fingerprint density at radius 2 is 2.14 bits per heavy atom. The van der Waals surface area contributed by atoms with E-state index < -0.39 is 0 Å². The Kier molecular flexibility index (Phi) is 4.40. The number of anilines is 1. The number of pyridine rings is 2. The number of hydrogen-bond acceptors (Lipinski definition) is 4. The number of rotatable bonds is 3. The van der Waals surface area contributed by atoms with Crippen molar-refractivity contribution < 1.29 is 0 Å². The lowest BCUT2D eigenvalue weighted by Gasteiger charge is -2.34. The molecule has 0 aliphatic heterocycles. The molecular weight excluding hydrogens is 328 g/mol. The van der Waals surface area contributed by atoms with Gasteiger partial charge in [-0.3, -0.25) is 9.97 Å². The van der Waals surface area contributed by atoms with E-state index in [4.69, 9.17) is 0 Å². The molecule has 112 valence electrons. The molecule has 2 aromatic rings. The van der Waals surface area contributed by atoms with Gasteiger partial charge < -0.3 is 10.2 Å². The molecule has 1 aliphatic carbocycles. The maximum atomic E-state index is 4.52. The number of nitrogens with one attached hydrogen (secondary N) is 1. The standard InChI is InChI=1S/C16H21BrN4/c1-21(2)13-5-3-4-12(9-13)20-14-6-7-18-15-8-11(17)10-19-16(14)15/h6-8,10,12-13H,3-5,9H2,1-2H3,(H,18,20). The lowest BCUT2D eigenvalue weighted by molar-refractivity contribution is 0.219. The Morgan fingerprint density at radius 3 is 2.95 bits per heavy atom. The topological polar surface area (TPSA) is 41.0 Å². The highest BCUT2D eigenvalue weighted by Crippen LogP contribution is 2.27. The van der Waals surface area contributed by atoms with Crippen LogP contribution in [0.3, 0.4) is 0 Å². The largest absolute Gasteiger partial charge is 0.380 e. The van der Waals surface area contributed by atoms with Crippen molar-refractivity contribution in [3.05, 3.63) is 29.0 Å². The maximum Gasteiger partial charge on any atom is 0.112 e. The Bertz CT molecular complexity index is 629. The van der Waals surface area contributed by atoms with Crippen molar-refractivity contribution in [1.29, 1.82) is 0 Å². The number of halogens is 1. The molecule has 4 nitrogen and oxygen atoms in total. The second-order valence-corrected chi connectivity index (χ2v) is 6.92. The summed E-state index contributed by atoms with van der Waals surface area (Å²) in [7, 11) is 4.35. The monoisotopic (exact) mass is 348 g/mol. The summed E-state index contributed by atoms with van der Waals surface area (Å²) in [4.78, 5) is 11.3. The normalized spacial score (nSPS) is 22.7. The predicted molar refractivity (Wildman–Crippen MR) is 90.6 cm³/mol. The Morgan fingerprint density at radius 1 is 1.29 bits per heavy atom. The van der Waals surface area contributed by atoms with E-state index in [1.807, 2.05) is 24.5 Å². The van der Waals surface area contributed by atoms with E-state index in [0.717, 1.165) is 21.2 Å². The minimum Gasteiger partial charge on any atom is -0.380 e. The van der Waals surface area contributed by atoms with Crippen molar-refractivity contribution in [2.75, 3.05) is 19.4 Å². The highest BCUT2D eigenvalue weighted by atomic mass is 79.9. The SMILES string of the molecule is CN(C)C1CCCC(Nc2ccnc3cc(Br)cnc23)C1. The van der Waals surface area contributed by atoms with Crippen LogP contribution in [0, 0.1) is 0 Å². The van der Waals surface area contributed by atoms with Crippen LogP contribution in [0.1, 0.15) is 25.7 Å². The summed E-state index contributed by atoms with van der Waals surface area (Å²) < 4.78 is 0.963. The van der Waals surface area contributed by atoms with E-state index in [0.29, 0.717) is 12.1 Å². The zero-order chi connectivity index (χ0) is 14.8. The molecule has 2 aromatic heterocycles. The minimum absolute atomic E-state index is 0.516. The van der Waals surface area contributed by atoms with Crippen LogP contribution < -0.4 is 5.32 Å². The zero-order valence-corrected chi connectivity index (χ0v) is 14.1. The van der Waals surface area contributed by atoms with Crippen molar-refractivity contribution in [3.63, 3.8) is 0 Å². The van der Waals surface area contributed by atoms with E-state index in [-0.39, 0.29) is 0 Å². The van der Waals surface area contributed by atoms with Gasteiger partial charge in [0.15, 0.2) is 0 Å². The first-order chi connectivity index (χ1) is 10.1. The summed E-state index contributed by atoms with van der Waals surface area (Å²) in [5.41, 5.74) is 2.97. The molecule has 3 rings (SSSR count). The van der Waals surface area contributed by atoms with Crippen LogP contribution >= 0.6 is 15.9 Å². The molecule has 0 radical (unpaired) electrons. The fourth-order valence-corrected chi connectivity index (χ4v) is 3.43. The third-order valence-corrected chi connectivity index (χ3v) is 4.71. The molecule has 0 bridgehead atoms. The van der Waals surface area contributed by atoms with Crippen LogP contribution in [0.15, 0.2) is 29.0 Å². The van der Waals surface area contributed by atoms with Gasteiger partial charge in [0.1, 0.15) is 5.52 Å². The summed E-state index contributed by atoms with van der Waals surface area (Å²) in [6.45, 7) is 0. The second-order valence-electron chi connectivity index (χ2n) is 6.01. The smallest absolute Gasteiger partial charge is 0.112 e. The van der Waals surface area contributed by atoms with Gasteiger partial charge in [-0.25, -0.2) is 0 Å². The fraction of sp³-hybridized carbons (Fsp3) is 0.500. The van der Waals surface area contributed by atoms with E-state index >= 15 is 0 Å². The first kappa shape index (κ1) is 14.7. The lowest BCUT2D eigenvalue weighted by Crippen LogP contribution is -2.38. The predicted octanol–water partition coefficient (Wildman–Crippen LogP) is 3.68. The Labute approximate surface area is 134 Å². The highest BCUT2D eigenvalue weighted by Gasteiger charge is 2.23. The molecule has 0 amide bonds. The highest BCUT2D eigenvalue weighted by molar-refractivity contribution is 9.10. The Hall–Kier alpha value is -1.20. The molecule has 2 atom stereocenters. The molecule has 0 spiro atoms. The molecule has 1 N–H and O–H groups in total. The summed E-state index contributed by atoms with van der Waals surface area (Å²) >= 11 is 3.45. The van der Waals surface area contributed by atoms with E-state index in [1.54, 1.807) is 0 Å². The lowest BCUT2D eigenvalue weighted by atomic mass is 9.90. The summed E-state index contributed by atoms with van der Waals surface area (Å²) in [5.74, 6) is 0. The first-order valence-electron chi connectivity index (χ1n) is 7.46. The van der Waals surface area contributed by atoms with Gasteiger partial charge in [0.2, 0.25) is 0 Å². The van der Waals surface area contributed by atoms with Crippen LogP contribution in [-0.4, -0.2) is 41.0 Å². The first-order valence-corrected chi connectivity index (χ1v) is 8.26. The Balaban J connectivity index is 1.81. The van der Waals surface area contributed by atoms with Crippen LogP contribution in [0.2, 0.25) is 0 Å². The minimum atomic E-state index is 0.516. The molecule has 1 aliphatic rings. The third-order valence-electron chi connectivity index (χ3n) is 4.28. The van der Waals surface area contributed by atoms with Crippen molar-refractivity contribution in [2.24, 2.45) is 0 Å². The number of aromatic nitrogens is 2. The van der Waals surface area contributed by atoms with Gasteiger partial charge in [0.25, 0.3) is 0 Å². The van der Waals surface area contributed by atoms with Crippen molar-refractivity contribution in [1.82, 2.24) is 14.9 Å². The van der Waals surface area contributed by atoms with Crippen molar-refractivity contribution in [2.45, 2.75) is 37.8 Å². The molecule has 0 aromatic carbocycles. The van der Waals surface area contributed by atoms with Gasteiger partial charge in [0, 0.05) is 29.0 Å². The quantitative estimate of drug-likeness (QED) is 0.918. The van der Waals surface area contributed by atoms with Gasteiger partial charge >= 0.3 is 0 Å². The molecule has 2 heterocycles. The molecule has 5 heteroatoms. The van der Waals surface area contributed by atoms with E-state index in [9.17, 15) is 0 Å². The average Bonchev–Trinajstić information content (AvgIpc) is 2.47. The molecule has 1 saturated carbocycles. The molecule has 2 unspecified atom stereocenters. The number of hydrogen-bond donors (Lipinski definition) is 1. The molecule has 21 heavy (non-hydrogen) atoms. The van der Waals surface area contributed by atoms with Crippen molar-refractivity contribution >= 4 is 32.7 Å². The van der Waals surface area contributed by atoms with Gasteiger partial charge in [0.05, 0.1) is 11.2 Å². The van der Waals surface area contributed by atoms with Crippen LogP contribution in [0.4, 0.5) is 5.69 Å². The number of nitrogens with zero attached hydrogens (tertiary/aromatic N) is 3. The van der Waals surface area contributed by atoms with Crippen molar-refractivity contribution in [3.8, 4) is 0 Å². The van der Waals surface area contributed by atoms with E-state index in [1.165, 1.54) is 25.7 Å². The molecular formula is C16H21BrN4. The van der Waals surface area contributed by atoms with Gasteiger partial charge in [-0.05, 0) is 67.8 Å². The van der Waals surface area contributed by atoms with Crippen LogP contribution in [0.25, 0.3) is 11.0 Å². The summed E-state index contributed by atoms with van der Waals surface area (Å²) in [6.07, 6.45) is 8.68. The molecule has 1 fully saturated rings. The van der Waals surface area contributed by atoms with Crippen LogP contribution in [-0.2, 0) is 0 Å². The molecule has 0 saturated heterocycles. The van der Waals surface area contributed by atoms with Gasteiger partial charge in [-0.15, -0.1) is 0 Å². The number of fused-ring (bicyclic) bond motifs is 1. The second kappa shape index (κ2) is 6.28. The van der Waals surface area contributed by atoms with E-state index in [2.05, 4.69) is 50.2 Å². The van der Waals surface area contributed by atoms with Crippen LogP contribution in [0.5, 0.6) is 0 Å². The summed E-state index contributed by atoms with van der Waals surface area (Å²) in [5, 5.41) is 3.68. The average molecular weight is 349 g/mol. The maximum absolute atomic E-state index is 4.52. The fourth-order valence-electron chi connectivity index (χ4n) is 3.11. The third kappa shape index (κ3) is 3.35. The summed E-state index contributed by atoms with van der Waals surface area (Å²) in [6, 6.07) is 5.23. The van der Waals surface area contributed by atoms with Gasteiger partial charge in [-0.1, -0.05) is 0 Å². The zero-order valence-electron chi connectivity index (χ0n) is 12.5.